The molecule has 31 heavy (non-hydrogen) atoms. The average Bonchev–Trinajstić information content (AvgIpc) is 2.71. The van der Waals surface area contributed by atoms with E-state index < -0.39 is 42.0 Å². The highest BCUT2D eigenvalue weighted by molar-refractivity contribution is 5.94. The Kier molecular flexibility index (Phi) is 11.0. The number of rotatable bonds is 7. The predicted molar refractivity (Wildman–Crippen MR) is 119 cm³/mol. The molecule has 0 aromatic rings. The quantitative estimate of drug-likeness (QED) is 0.527. The molecule has 1 rings (SSSR count). The van der Waals surface area contributed by atoms with Crippen LogP contribution in [0, 0.1) is 17.8 Å². The zero-order valence-corrected chi connectivity index (χ0v) is 20.1. The van der Waals surface area contributed by atoms with Crippen LogP contribution in [-0.2, 0) is 23.9 Å². The molecule has 0 aromatic carbocycles. The lowest BCUT2D eigenvalue weighted by atomic mass is 9.94. The average molecular weight is 440 g/mol. The molecule has 0 radical (unpaired) electrons. The molecule has 1 aliphatic rings. The molecule has 8 nitrogen and oxygen atoms in total. The summed E-state index contributed by atoms with van der Waals surface area (Å²) in [5.41, 5.74) is 0. The number of hydrogen-bond donors (Lipinski definition) is 3. The maximum Gasteiger partial charge on any atom is 0.329 e. The van der Waals surface area contributed by atoms with E-state index in [0.29, 0.717) is 6.42 Å². The van der Waals surface area contributed by atoms with E-state index in [0.717, 1.165) is 19.3 Å². The van der Waals surface area contributed by atoms with Crippen LogP contribution in [0.15, 0.2) is 0 Å². The molecular formula is C23H41N3O5. The number of hydrogen-bond acceptors (Lipinski definition) is 5. The lowest BCUT2D eigenvalue weighted by molar-refractivity contribution is -0.158. The Morgan fingerprint density at radius 1 is 0.903 bits per heavy atom. The summed E-state index contributed by atoms with van der Waals surface area (Å²) in [7, 11) is 0. The van der Waals surface area contributed by atoms with Crippen molar-refractivity contribution >= 4 is 23.7 Å². The van der Waals surface area contributed by atoms with Gasteiger partial charge in [0.1, 0.15) is 24.2 Å². The molecule has 1 aliphatic heterocycles. The third-order valence-electron chi connectivity index (χ3n) is 6.08. The Morgan fingerprint density at radius 2 is 1.55 bits per heavy atom. The first-order valence-electron chi connectivity index (χ1n) is 11.6. The van der Waals surface area contributed by atoms with Crippen LogP contribution in [0.2, 0.25) is 0 Å². The standard InChI is InChI=1S/C23H41N3O5/c1-8-10-11-15(6)17-12-18(27)25-19(13(3)4)22(29)24-16(7)21(28)26-20(14(5)9-2)23(30)31-17/h13-17,19-20H,8-12H2,1-7H3,(H,24,29)(H,25,27)(H,26,28). The number of amides is 3. The van der Waals surface area contributed by atoms with E-state index in [4.69, 9.17) is 4.74 Å². The fourth-order valence-corrected chi connectivity index (χ4v) is 3.56. The van der Waals surface area contributed by atoms with Crippen LogP contribution in [0.25, 0.3) is 0 Å². The van der Waals surface area contributed by atoms with Gasteiger partial charge in [-0.2, -0.15) is 0 Å². The van der Waals surface area contributed by atoms with Gasteiger partial charge in [0.2, 0.25) is 17.7 Å². The number of ether oxygens (including phenoxy) is 1. The number of unbranched alkanes of at least 4 members (excludes halogenated alkanes) is 1. The van der Waals surface area contributed by atoms with Gasteiger partial charge in [0.05, 0.1) is 6.42 Å². The van der Waals surface area contributed by atoms with Gasteiger partial charge < -0.3 is 20.7 Å². The van der Waals surface area contributed by atoms with Crippen LogP contribution in [-0.4, -0.2) is 47.9 Å². The molecule has 0 bridgehead atoms. The van der Waals surface area contributed by atoms with Crippen molar-refractivity contribution in [2.45, 2.75) is 105 Å². The number of cyclic esters (lactones) is 1. The molecular weight excluding hydrogens is 398 g/mol. The largest absolute Gasteiger partial charge is 0.460 e. The summed E-state index contributed by atoms with van der Waals surface area (Å²) in [6, 6.07) is -2.48. The third kappa shape index (κ3) is 8.15. The Balaban J connectivity index is 3.28. The molecule has 3 N–H and O–H groups in total. The smallest absolute Gasteiger partial charge is 0.329 e. The topological polar surface area (TPSA) is 114 Å². The van der Waals surface area contributed by atoms with Crippen molar-refractivity contribution in [1.29, 1.82) is 0 Å². The number of carbonyl (C=O) groups is 4. The van der Waals surface area contributed by atoms with Gasteiger partial charge in [-0.15, -0.1) is 0 Å². The molecule has 1 fully saturated rings. The first kappa shape index (κ1) is 26.9. The summed E-state index contributed by atoms with van der Waals surface area (Å²) in [5, 5.41) is 8.17. The molecule has 178 valence electrons. The summed E-state index contributed by atoms with van der Waals surface area (Å²) in [6.45, 7) is 13.0. The Hall–Kier alpha value is -2.12. The fraction of sp³-hybridized carbons (Fsp3) is 0.826. The number of nitrogens with one attached hydrogen (secondary N) is 3. The maximum absolute atomic E-state index is 13.0. The summed E-state index contributed by atoms with van der Waals surface area (Å²) in [5.74, 6) is -2.13. The lowest BCUT2D eigenvalue weighted by Crippen LogP contribution is -2.56. The van der Waals surface area contributed by atoms with E-state index in [-0.39, 0.29) is 30.1 Å². The minimum absolute atomic E-state index is 0.0240. The highest BCUT2D eigenvalue weighted by atomic mass is 16.5. The van der Waals surface area contributed by atoms with Gasteiger partial charge in [0.15, 0.2) is 0 Å². The Morgan fingerprint density at radius 3 is 2.10 bits per heavy atom. The Bertz CT molecular complexity index is 637. The minimum atomic E-state index is -0.856. The SMILES string of the molecule is CCCCC(C)C1CC(=O)NC(C(C)C)C(=O)NC(C)C(=O)NC(C(C)CC)C(=O)O1. The first-order chi connectivity index (χ1) is 14.5. The summed E-state index contributed by atoms with van der Waals surface area (Å²) >= 11 is 0. The zero-order chi connectivity index (χ0) is 23.7. The van der Waals surface area contributed by atoms with E-state index >= 15 is 0 Å². The van der Waals surface area contributed by atoms with E-state index in [2.05, 4.69) is 22.9 Å². The van der Waals surface area contributed by atoms with Crippen LogP contribution < -0.4 is 16.0 Å². The van der Waals surface area contributed by atoms with E-state index in [1.165, 1.54) is 0 Å². The van der Waals surface area contributed by atoms with Gasteiger partial charge in [-0.1, -0.05) is 60.8 Å². The van der Waals surface area contributed by atoms with Crippen molar-refractivity contribution in [3.05, 3.63) is 0 Å². The van der Waals surface area contributed by atoms with Gasteiger partial charge in [-0.25, -0.2) is 4.79 Å². The molecule has 0 spiro atoms. The van der Waals surface area contributed by atoms with Crippen molar-refractivity contribution in [1.82, 2.24) is 16.0 Å². The summed E-state index contributed by atoms with van der Waals surface area (Å²) in [4.78, 5) is 51.3. The van der Waals surface area contributed by atoms with Crippen molar-refractivity contribution in [2.24, 2.45) is 17.8 Å². The van der Waals surface area contributed by atoms with Crippen molar-refractivity contribution < 1.29 is 23.9 Å². The molecule has 0 aromatic heterocycles. The molecule has 6 unspecified atom stereocenters. The second kappa shape index (κ2) is 12.7. The van der Waals surface area contributed by atoms with Crippen LogP contribution in [0.4, 0.5) is 0 Å². The van der Waals surface area contributed by atoms with Gasteiger partial charge in [0.25, 0.3) is 0 Å². The Labute approximate surface area is 186 Å². The molecule has 6 atom stereocenters. The zero-order valence-electron chi connectivity index (χ0n) is 20.1. The summed E-state index contributed by atoms with van der Waals surface area (Å²) < 4.78 is 5.82. The van der Waals surface area contributed by atoms with Crippen molar-refractivity contribution in [3.63, 3.8) is 0 Å². The van der Waals surface area contributed by atoms with Crippen molar-refractivity contribution in [2.75, 3.05) is 0 Å². The van der Waals surface area contributed by atoms with Crippen LogP contribution in [0.5, 0.6) is 0 Å². The monoisotopic (exact) mass is 439 g/mol. The highest BCUT2D eigenvalue weighted by Crippen LogP contribution is 2.21. The van der Waals surface area contributed by atoms with Crippen LogP contribution in [0.1, 0.15) is 80.6 Å². The fourth-order valence-electron chi connectivity index (χ4n) is 3.56. The first-order valence-corrected chi connectivity index (χ1v) is 11.6. The van der Waals surface area contributed by atoms with E-state index in [1.807, 2.05) is 34.6 Å². The molecule has 1 saturated heterocycles. The molecule has 3 amide bonds. The van der Waals surface area contributed by atoms with Gasteiger partial charge in [0, 0.05) is 0 Å². The third-order valence-corrected chi connectivity index (χ3v) is 6.08. The number of esters is 1. The minimum Gasteiger partial charge on any atom is -0.460 e. The molecule has 1 heterocycles. The lowest BCUT2D eigenvalue weighted by Gasteiger charge is -2.29. The van der Waals surface area contributed by atoms with Gasteiger partial charge in [-0.05, 0) is 31.1 Å². The normalized spacial score (nSPS) is 28.3. The molecule has 8 heteroatoms. The molecule has 0 aliphatic carbocycles. The van der Waals surface area contributed by atoms with Crippen molar-refractivity contribution in [3.8, 4) is 0 Å². The molecule has 0 saturated carbocycles. The van der Waals surface area contributed by atoms with Crippen LogP contribution in [0.3, 0.4) is 0 Å². The van der Waals surface area contributed by atoms with E-state index in [9.17, 15) is 19.2 Å². The predicted octanol–water partition coefficient (Wildman–Crippen LogP) is 2.30. The summed E-state index contributed by atoms with van der Waals surface area (Å²) in [6.07, 6.45) is 2.77. The van der Waals surface area contributed by atoms with Gasteiger partial charge in [-0.3, -0.25) is 14.4 Å². The van der Waals surface area contributed by atoms with Gasteiger partial charge >= 0.3 is 5.97 Å². The number of carbonyl (C=O) groups excluding carboxylic acids is 4. The van der Waals surface area contributed by atoms with E-state index in [1.54, 1.807) is 6.92 Å². The second-order valence-corrected chi connectivity index (χ2v) is 9.19. The highest BCUT2D eigenvalue weighted by Gasteiger charge is 2.35. The second-order valence-electron chi connectivity index (χ2n) is 9.19. The maximum atomic E-state index is 13.0. The van der Waals surface area contributed by atoms with Crippen LogP contribution >= 0.6 is 0 Å².